The fourth-order valence-electron chi connectivity index (χ4n) is 3.25. The predicted octanol–water partition coefficient (Wildman–Crippen LogP) is 3.21. The molecule has 0 amide bonds. The molecule has 3 nitrogen and oxygen atoms in total. The second-order valence-corrected chi connectivity index (χ2v) is 8.18. The van der Waals surface area contributed by atoms with Crippen molar-refractivity contribution in [3.8, 4) is 0 Å². The van der Waals surface area contributed by atoms with Crippen LogP contribution in [0.5, 0.6) is 0 Å². The van der Waals surface area contributed by atoms with Crippen molar-refractivity contribution in [1.82, 2.24) is 15.1 Å². The molecule has 0 unspecified atom stereocenters. The van der Waals surface area contributed by atoms with Crippen molar-refractivity contribution in [3.05, 3.63) is 0 Å². The van der Waals surface area contributed by atoms with Gasteiger partial charge in [0.1, 0.15) is 0 Å². The van der Waals surface area contributed by atoms with Crippen molar-refractivity contribution in [2.24, 2.45) is 5.41 Å². The van der Waals surface area contributed by atoms with E-state index in [0.717, 1.165) is 6.54 Å². The van der Waals surface area contributed by atoms with Gasteiger partial charge in [-0.2, -0.15) is 0 Å². The second kappa shape index (κ2) is 7.94. The number of piperazine rings is 1. The van der Waals surface area contributed by atoms with Gasteiger partial charge in [0.25, 0.3) is 0 Å². The highest BCUT2D eigenvalue weighted by Crippen LogP contribution is 2.28. The van der Waals surface area contributed by atoms with Crippen molar-refractivity contribution < 1.29 is 0 Å². The summed E-state index contributed by atoms with van der Waals surface area (Å²) in [6, 6.07) is 0.584. The van der Waals surface area contributed by atoms with E-state index in [2.05, 4.69) is 63.6 Å². The maximum Gasteiger partial charge on any atom is 0.0126 e. The molecule has 1 fully saturated rings. The molecule has 0 radical (unpaired) electrons. The predicted molar refractivity (Wildman–Crippen MR) is 93.9 cm³/mol. The quantitative estimate of drug-likeness (QED) is 0.778. The van der Waals surface area contributed by atoms with Crippen LogP contribution in [0.2, 0.25) is 0 Å². The monoisotopic (exact) mass is 297 g/mol. The van der Waals surface area contributed by atoms with Gasteiger partial charge in [0.2, 0.25) is 0 Å². The molecule has 0 aromatic carbocycles. The van der Waals surface area contributed by atoms with Crippen LogP contribution < -0.4 is 5.32 Å². The van der Waals surface area contributed by atoms with Gasteiger partial charge in [-0.15, -0.1) is 0 Å². The van der Waals surface area contributed by atoms with Gasteiger partial charge in [0.05, 0.1) is 0 Å². The smallest absolute Gasteiger partial charge is 0.0126 e. The molecule has 0 bridgehead atoms. The van der Waals surface area contributed by atoms with Crippen molar-refractivity contribution in [2.45, 2.75) is 72.9 Å². The molecule has 0 saturated carbocycles. The van der Waals surface area contributed by atoms with E-state index >= 15 is 0 Å². The first-order chi connectivity index (χ1) is 9.72. The summed E-state index contributed by atoms with van der Waals surface area (Å²) in [7, 11) is 0. The van der Waals surface area contributed by atoms with E-state index in [1.165, 1.54) is 45.6 Å². The highest BCUT2D eigenvalue weighted by atomic mass is 15.3. The molecule has 3 heteroatoms. The summed E-state index contributed by atoms with van der Waals surface area (Å²) in [6.45, 7) is 23.5. The Kier molecular flexibility index (Phi) is 7.15. The Balaban J connectivity index is 2.53. The van der Waals surface area contributed by atoms with Crippen molar-refractivity contribution >= 4 is 0 Å². The number of nitrogens with zero attached hydrogens (tertiary/aromatic N) is 2. The fraction of sp³-hybridized carbons (Fsp3) is 1.00. The molecular formula is C18H39N3. The van der Waals surface area contributed by atoms with Gasteiger partial charge >= 0.3 is 0 Å². The zero-order chi connectivity index (χ0) is 16.1. The van der Waals surface area contributed by atoms with Crippen LogP contribution in [-0.4, -0.2) is 60.6 Å². The molecule has 126 valence electrons. The molecule has 1 saturated heterocycles. The van der Waals surface area contributed by atoms with E-state index < -0.39 is 0 Å². The topological polar surface area (TPSA) is 18.5 Å². The number of nitrogens with one attached hydrogen (secondary N) is 1. The average Bonchev–Trinajstić information content (AvgIpc) is 2.43. The average molecular weight is 298 g/mol. The van der Waals surface area contributed by atoms with Gasteiger partial charge < -0.3 is 10.2 Å². The van der Waals surface area contributed by atoms with Gasteiger partial charge in [0, 0.05) is 50.8 Å². The standard InChI is InChI=1S/C18H39N3/c1-8-18(9-2,14-19-16(3)4)15-20-10-12-21(13-11-20)17(5,6)7/h16,19H,8-15H2,1-7H3. The third-order valence-electron chi connectivity index (χ3n) is 5.27. The van der Waals surface area contributed by atoms with Crippen LogP contribution in [0.15, 0.2) is 0 Å². The third-order valence-corrected chi connectivity index (χ3v) is 5.27. The number of hydrogen-bond acceptors (Lipinski definition) is 3. The summed E-state index contributed by atoms with van der Waals surface area (Å²) in [6.07, 6.45) is 2.53. The maximum atomic E-state index is 3.67. The molecule has 1 rings (SSSR count). The molecule has 0 aromatic heterocycles. The lowest BCUT2D eigenvalue weighted by atomic mass is 9.81. The number of rotatable bonds is 7. The van der Waals surface area contributed by atoms with Crippen LogP contribution in [-0.2, 0) is 0 Å². The minimum Gasteiger partial charge on any atom is -0.314 e. The lowest BCUT2D eigenvalue weighted by Gasteiger charge is -2.45. The first-order valence-electron chi connectivity index (χ1n) is 8.93. The van der Waals surface area contributed by atoms with Crippen LogP contribution in [0.3, 0.4) is 0 Å². The molecule has 1 heterocycles. The zero-order valence-electron chi connectivity index (χ0n) is 15.6. The second-order valence-electron chi connectivity index (χ2n) is 8.18. The van der Waals surface area contributed by atoms with Gasteiger partial charge in [-0.3, -0.25) is 4.90 Å². The Morgan fingerprint density at radius 3 is 1.86 bits per heavy atom. The first kappa shape index (κ1) is 18.9. The van der Waals surface area contributed by atoms with Gasteiger partial charge in [-0.1, -0.05) is 27.7 Å². The number of hydrogen-bond donors (Lipinski definition) is 1. The van der Waals surface area contributed by atoms with Gasteiger partial charge in [-0.05, 0) is 39.0 Å². The highest BCUT2D eigenvalue weighted by Gasteiger charge is 2.32. The fourth-order valence-corrected chi connectivity index (χ4v) is 3.25. The van der Waals surface area contributed by atoms with Crippen molar-refractivity contribution in [3.63, 3.8) is 0 Å². The maximum absolute atomic E-state index is 3.67. The molecule has 1 aliphatic rings. The summed E-state index contributed by atoms with van der Waals surface area (Å²) >= 11 is 0. The van der Waals surface area contributed by atoms with E-state index in [1.54, 1.807) is 0 Å². The van der Waals surface area contributed by atoms with Gasteiger partial charge in [0.15, 0.2) is 0 Å². The molecule has 21 heavy (non-hydrogen) atoms. The lowest BCUT2D eigenvalue weighted by Crippen LogP contribution is -2.56. The zero-order valence-corrected chi connectivity index (χ0v) is 15.6. The highest BCUT2D eigenvalue weighted by molar-refractivity contribution is 4.87. The Hall–Kier alpha value is -0.120. The minimum absolute atomic E-state index is 0.317. The molecule has 0 aromatic rings. The van der Waals surface area contributed by atoms with E-state index in [0.29, 0.717) is 17.0 Å². The van der Waals surface area contributed by atoms with Crippen LogP contribution in [0.4, 0.5) is 0 Å². The Labute approximate surface area is 133 Å². The van der Waals surface area contributed by atoms with Crippen LogP contribution in [0, 0.1) is 5.41 Å². The Bertz CT molecular complexity index is 281. The SMILES string of the molecule is CCC(CC)(CNC(C)C)CN1CCN(C(C)(C)C)CC1. The summed E-state index contributed by atoms with van der Waals surface area (Å²) in [4.78, 5) is 5.31. The minimum atomic E-state index is 0.317. The molecule has 0 aliphatic carbocycles. The molecule has 1 aliphatic heterocycles. The van der Waals surface area contributed by atoms with E-state index in [4.69, 9.17) is 0 Å². The summed E-state index contributed by atoms with van der Waals surface area (Å²) in [5.41, 5.74) is 0.756. The Morgan fingerprint density at radius 2 is 1.48 bits per heavy atom. The van der Waals surface area contributed by atoms with Crippen molar-refractivity contribution in [2.75, 3.05) is 39.3 Å². The molecule has 0 spiro atoms. The van der Waals surface area contributed by atoms with E-state index in [9.17, 15) is 0 Å². The molecular weight excluding hydrogens is 258 g/mol. The van der Waals surface area contributed by atoms with Crippen LogP contribution in [0.25, 0.3) is 0 Å². The van der Waals surface area contributed by atoms with Crippen LogP contribution in [0.1, 0.15) is 61.3 Å². The first-order valence-corrected chi connectivity index (χ1v) is 8.93. The lowest BCUT2D eigenvalue weighted by molar-refractivity contribution is 0.0363. The largest absolute Gasteiger partial charge is 0.314 e. The summed E-state index contributed by atoms with van der Waals surface area (Å²) < 4.78 is 0. The normalized spacial score (nSPS) is 19.4. The summed E-state index contributed by atoms with van der Waals surface area (Å²) in [5, 5.41) is 3.67. The summed E-state index contributed by atoms with van der Waals surface area (Å²) in [5.74, 6) is 0. The Morgan fingerprint density at radius 1 is 0.952 bits per heavy atom. The van der Waals surface area contributed by atoms with E-state index in [-0.39, 0.29) is 0 Å². The van der Waals surface area contributed by atoms with Gasteiger partial charge in [-0.25, -0.2) is 0 Å². The third kappa shape index (κ3) is 5.88. The molecule has 0 atom stereocenters. The molecule has 1 N–H and O–H groups in total. The van der Waals surface area contributed by atoms with E-state index in [1.807, 2.05) is 0 Å². The van der Waals surface area contributed by atoms with Crippen LogP contribution >= 0.6 is 0 Å². The van der Waals surface area contributed by atoms with Crippen molar-refractivity contribution in [1.29, 1.82) is 0 Å².